The molecule has 1 N–H and O–H groups in total. The predicted octanol–water partition coefficient (Wildman–Crippen LogP) is 1.52. The molecule has 0 saturated heterocycles. The molecule has 0 radical (unpaired) electrons. The third-order valence-electron chi connectivity index (χ3n) is 1.92. The molecule has 0 atom stereocenters. The molecule has 2 rings (SSSR count). The Hall–Kier alpha value is -1.58. The highest BCUT2D eigenvalue weighted by atomic mass is 15.4. The maximum atomic E-state index is 4.33. The predicted molar refractivity (Wildman–Crippen MR) is 49.9 cm³/mol. The molecule has 0 aromatic carbocycles. The van der Waals surface area contributed by atoms with Gasteiger partial charge in [0.2, 0.25) is 0 Å². The third-order valence-corrected chi connectivity index (χ3v) is 1.92. The van der Waals surface area contributed by atoms with Crippen molar-refractivity contribution in [2.24, 2.45) is 0 Å². The Bertz CT molecular complexity index is 425. The molecular weight excluding hydrogens is 164 g/mol. The largest absolute Gasteiger partial charge is 0.281 e. The first kappa shape index (κ1) is 8.04. The first-order valence-electron chi connectivity index (χ1n) is 4.22. The first-order chi connectivity index (χ1) is 6.16. The summed E-state index contributed by atoms with van der Waals surface area (Å²) in [5, 5.41) is 11.4. The van der Waals surface area contributed by atoms with E-state index in [1.54, 1.807) is 0 Å². The van der Waals surface area contributed by atoms with Gasteiger partial charge in [-0.1, -0.05) is 0 Å². The Labute approximate surface area is 76.6 Å². The standard InChI is InChI=1S/C9H12N4/c1-6-5-9(11-10-6)13-8(3)4-7(2)12-13/h4-5H,1-3H3,(H,10,11). The Morgan fingerprint density at radius 2 is 2.00 bits per heavy atom. The van der Waals surface area contributed by atoms with Crippen molar-refractivity contribution in [2.45, 2.75) is 20.8 Å². The number of aryl methyl sites for hydroxylation is 3. The molecule has 68 valence electrons. The minimum atomic E-state index is 0.850. The molecule has 0 fully saturated rings. The molecule has 0 amide bonds. The van der Waals surface area contributed by atoms with Crippen LogP contribution >= 0.6 is 0 Å². The first-order valence-corrected chi connectivity index (χ1v) is 4.22. The van der Waals surface area contributed by atoms with Gasteiger partial charge in [-0.3, -0.25) is 5.10 Å². The molecule has 0 aliphatic heterocycles. The van der Waals surface area contributed by atoms with Gasteiger partial charge in [-0.25, -0.2) is 4.68 Å². The average molecular weight is 176 g/mol. The molecule has 4 heteroatoms. The summed E-state index contributed by atoms with van der Waals surface area (Å²) in [4.78, 5) is 0. The number of hydrogen-bond acceptors (Lipinski definition) is 2. The van der Waals surface area contributed by atoms with Crippen LogP contribution in [0, 0.1) is 20.8 Å². The lowest BCUT2D eigenvalue weighted by molar-refractivity contribution is 0.798. The van der Waals surface area contributed by atoms with E-state index >= 15 is 0 Å². The Morgan fingerprint density at radius 3 is 2.46 bits per heavy atom. The van der Waals surface area contributed by atoms with Crippen molar-refractivity contribution in [3.05, 3.63) is 29.2 Å². The van der Waals surface area contributed by atoms with Crippen LogP contribution in [0.5, 0.6) is 0 Å². The van der Waals surface area contributed by atoms with Gasteiger partial charge in [0.15, 0.2) is 5.82 Å². The number of H-pyrrole nitrogens is 1. The number of hydrogen-bond donors (Lipinski definition) is 1. The number of nitrogens with one attached hydrogen (secondary N) is 1. The lowest BCUT2D eigenvalue weighted by Crippen LogP contribution is -1.98. The smallest absolute Gasteiger partial charge is 0.175 e. The molecule has 0 bridgehead atoms. The highest BCUT2D eigenvalue weighted by Crippen LogP contribution is 2.09. The minimum Gasteiger partial charge on any atom is -0.281 e. The van der Waals surface area contributed by atoms with Crippen LogP contribution in [0.4, 0.5) is 0 Å². The van der Waals surface area contributed by atoms with E-state index in [0.717, 1.165) is 22.9 Å². The molecule has 0 aliphatic carbocycles. The monoisotopic (exact) mass is 176 g/mol. The van der Waals surface area contributed by atoms with Crippen LogP contribution in [-0.4, -0.2) is 20.0 Å². The van der Waals surface area contributed by atoms with Crippen LogP contribution in [0.2, 0.25) is 0 Å². The second-order valence-corrected chi connectivity index (χ2v) is 3.25. The van der Waals surface area contributed by atoms with Crippen LogP contribution in [0.3, 0.4) is 0 Å². The number of nitrogens with zero attached hydrogens (tertiary/aromatic N) is 3. The lowest BCUT2D eigenvalue weighted by atomic mass is 10.4. The van der Waals surface area contributed by atoms with E-state index in [2.05, 4.69) is 15.3 Å². The summed E-state index contributed by atoms with van der Waals surface area (Å²) in [5.41, 5.74) is 3.16. The van der Waals surface area contributed by atoms with E-state index in [1.807, 2.05) is 37.6 Å². The van der Waals surface area contributed by atoms with E-state index in [0.29, 0.717) is 0 Å². The number of aromatic amines is 1. The molecule has 2 aromatic heterocycles. The van der Waals surface area contributed by atoms with Crippen molar-refractivity contribution >= 4 is 0 Å². The summed E-state index contributed by atoms with van der Waals surface area (Å²) >= 11 is 0. The van der Waals surface area contributed by atoms with Gasteiger partial charge in [-0.2, -0.15) is 10.2 Å². The van der Waals surface area contributed by atoms with Gasteiger partial charge < -0.3 is 0 Å². The normalized spacial score (nSPS) is 10.7. The molecule has 2 aromatic rings. The third kappa shape index (κ3) is 1.35. The van der Waals surface area contributed by atoms with Gasteiger partial charge in [0.05, 0.1) is 5.69 Å². The molecule has 13 heavy (non-hydrogen) atoms. The van der Waals surface area contributed by atoms with E-state index in [4.69, 9.17) is 0 Å². The molecule has 0 saturated carbocycles. The van der Waals surface area contributed by atoms with Crippen molar-refractivity contribution in [3.8, 4) is 5.82 Å². The average Bonchev–Trinajstić information content (AvgIpc) is 2.58. The van der Waals surface area contributed by atoms with Crippen LogP contribution in [0.15, 0.2) is 12.1 Å². The van der Waals surface area contributed by atoms with Crippen molar-refractivity contribution in [1.82, 2.24) is 20.0 Å². The van der Waals surface area contributed by atoms with E-state index in [1.165, 1.54) is 0 Å². The van der Waals surface area contributed by atoms with E-state index in [9.17, 15) is 0 Å². The van der Waals surface area contributed by atoms with Gasteiger partial charge in [0.25, 0.3) is 0 Å². The van der Waals surface area contributed by atoms with Gasteiger partial charge >= 0.3 is 0 Å². The van der Waals surface area contributed by atoms with Crippen molar-refractivity contribution in [1.29, 1.82) is 0 Å². The van der Waals surface area contributed by atoms with Crippen molar-refractivity contribution < 1.29 is 0 Å². The van der Waals surface area contributed by atoms with Crippen LogP contribution in [0.25, 0.3) is 5.82 Å². The molecule has 0 unspecified atom stereocenters. The maximum Gasteiger partial charge on any atom is 0.175 e. The van der Waals surface area contributed by atoms with Crippen LogP contribution < -0.4 is 0 Å². The fourth-order valence-electron chi connectivity index (χ4n) is 1.37. The fourth-order valence-corrected chi connectivity index (χ4v) is 1.37. The highest BCUT2D eigenvalue weighted by Gasteiger charge is 2.05. The topological polar surface area (TPSA) is 46.5 Å². The lowest BCUT2D eigenvalue weighted by Gasteiger charge is -1.96. The highest BCUT2D eigenvalue weighted by molar-refractivity contribution is 5.26. The second kappa shape index (κ2) is 2.73. The molecule has 2 heterocycles. The summed E-state index contributed by atoms with van der Waals surface area (Å²) in [5.74, 6) is 0.850. The zero-order valence-corrected chi connectivity index (χ0v) is 8.00. The van der Waals surface area contributed by atoms with Gasteiger partial charge in [0.1, 0.15) is 0 Å². The summed E-state index contributed by atoms with van der Waals surface area (Å²) in [7, 11) is 0. The summed E-state index contributed by atoms with van der Waals surface area (Å²) in [6, 6.07) is 4.00. The number of aromatic nitrogens is 4. The van der Waals surface area contributed by atoms with Crippen LogP contribution in [0.1, 0.15) is 17.1 Å². The van der Waals surface area contributed by atoms with Gasteiger partial charge in [-0.15, -0.1) is 0 Å². The summed E-state index contributed by atoms with van der Waals surface area (Å²) < 4.78 is 1.83. The molecule has 0 aliphatic rings. The molecule has 4 nitrogen and oxygen atoms in total. The Balaban J connectivity index is 2.51. The zero-order valence-electron chi connectivity index (χ0n) is 8.00. The fraction of sp³-hybridized carbons (Fsp3) is 0.333. The van der Waals surface area contributed by atoms with E-state index in [-0.39, 0.29) is 0 Å². The summed E-state index contributed by atoms with van der Waals surface area (Å²) in [6.45, 7) is 5.97. The van der Waals surface area contributed by atoms with Crippen LogP contribution in [-0.2, 0) is 0 Å². The maximum absolute atomic E-state index is 4.33. The zero-order chi connectivity index (χ0) is 9.42. The van der Waals surface area contributed by atoms with Crippen molar-refractivity contribution in [3.63, 3.8) is 0 Å². The number of rotatable bonds is 1. The SMILES string of the molecule is Cc1cc(C)n(-c2cc(C)[nH]n2)n1. The second-order valence-electron chi connectivity index (χ2n) is 3.25. The quantitative estimate of drug-likeness (QED) is 0.716. The van der Waals surface area contributed by atoms with Crippen molar-refractivity contribution in [2.75, 3.05) is 0 Å². The van der Waals surface area contributed by atoms with E-state index < -0.39 is 0 Å². The Morgan fingerprint density at radius 1 is 1.23 bits per heavy atom. The molecule has 0 spiro atoms. The molecular formula is C9H12N4. The summed E-state index contributed by atoms with van der Waals surface area (Å²) in [6.07, 6.45) is 0. The van der Waals surface area contributed by atoms with Gasteiger partial charge in [-0.05, 0) is 26.8 Å². The van der Waals surface area contributed by atoms with Gasteiger partial charge in [0, 0.05) is 17.5 Å². The minimum absolute atomic E-state index is 0.850. The Kier molecular flexibility index (Phi) is 1.69.